The summed E-state index contributed by atoms with van der Waals surface area (Å²) in [5.74, 6) is 5.39. The van der Waals surface area contributed by atoms with E-state index in [9.17, 15) is 9.18 Å². The van der Waals surface area contributed by atoms with Gasteiger partial charge in [0.1, 0.15) is 5.82 Å². The second-order valence-electron chi connectivity index (χ2n) is 7.16. The number of rotatable bonds is 4. The molecule has 0 radical (unpaired) electrons. The van der Waals surface area contributed by atoms with E-state index >= 15 is 0 Å². The standard InChI is InChI=1S/C25H16FN5OS/c26-21-5-1-4-19(14-21)23(24(32)29-25-28-11-12-33-25)31-16-20-9-8-17(13-22(20)30-31)6-7-18-3-2-10-27-15-18/h1-5,8-16,23H,(H,28,29,32)/t23-/m1/s1. The van der Waals surface area contributed by atoms with Gasteiger partial charge in [-0.2, -0.15) is 5.10 Å². The van der Waals surface area contributed by atoms with Gasteiger partial charge in [-0.3, -0.25) is 19.8 Å². The SMILES string of the molecule is O=C(Nc1nccs1)[C@@H](c1cccc(F)c1)n1cc2ccc(C#Cc3cccnc3)cc2n1. The molecule has 0 aliphatic heterocycles. The van der Waals surface area contributed by atoms with Crippen LogP contribution in [-0.4, -0.2) is 25.7 Å². The summed E-state index contributed by atoms with van der Waals surface area (Å²) in [6.07, 6.45) is 6.77. The molecule has 0 spiro atoms. The fourth-order valence-electron chi connectivity index (χ4n) is 3.39. The third-order valence-electron chi connectivity index (χ3n) is 4.88. The van der Waals surface area contributed by atoms with Crippen LogP contribution in [0.15, 0.2) is 84.8 Å². The Balaban J connectivity index is 1.51. The predicted molar refractivity (Wildman–Crippen MR) is 125 cm³/mol. The minimum Gasteiger partial charge on any atom is -0.300 e. The maximum atomic E-state index is 14.0. The molecule has 0 saturated carbocycles. The Morgan fingerprint density at radius 2 is 1.97 bits per heavy atom. The van der Waals surface area contributed by atoms with E-state index in [1.165, 1.54) is 23.5 Å². The zero-order chi connectivity index (χ0) is 22.6. The molecule has 3 heterocycles. The molecule has 8 heteroatoms. The molecule has 5 rings (SSSR count). The Bertz CT molecular complexity index is 1490. The van der Waals surface area contributed by atoms with Crippen molar-refractivity contribution in [2.45, 2.75) is 6.04 Å². The van der Waals surface area contributed by atoms with Crippen LogP contribution in [0.25, 0.3) is 10.9 Å². The van der Waals surface area contributed by atoms with Crippen LogP contribution < -0.4 is 5.32 Å². The molecule has 0 unspecified atom stereocenters. The number of thiazole rings is 1. The van der Waals surface area contributed by atoms with E-state index in [-0.39, 0.29) is 5.91 Å². The second-order valence-corrected chi connectivity index (χ2v) is 8.05. The third kappa shape index (κ3) is 4.63. The maximum Gasteiger partial charge on any atom is 0.255 e. The maximum absolute atomic E-state index is 14.0. The van der Waals surface area contributed by atoms with Gasteiger partial charge in [0.05, 0.1) is 5.52 Å². The summed E-state index contributed by atoms with van der Waals surface area (Å²) in [6.45, 7) is 0. The number of halogens is 1. The second kappa shape index (κ2) is 9.02. The van der Waals surface area contributed by atoms with Crippen LogP contribution >= 0.6 is 11.3 Å². The molecular formula is C25H16FN5OS. The van der Waals surface area contributed by atoms with Crippen molar-refractivity contribution in [2.75, 3.05) is 5.32 Å². The molecule has 0 fully saturated rings. The van der Waals surface area contributed by atoms with E-state index in [1.54, 1.807) is 47.0 Å². The summed E-state index contributed by atoms with van der Waals surface area (Å²) < 4.78 is 15.5. The molecule has 1 amide bonds. The molecule has 5 aromatic rings. The van der Waals surface area contributed by atoms with Gasteiger partial charge in [-0.05, 0) is 48.0 Å². The highest BCUT2D eigenvalue weighted by Crippen LogP contribution is 2.25. The summed E-state index contributed by atoms with van der Waals surface area (Å²) in [5, 5.41) is 10.5. The lowest BCUT2D eigenvalue weighted by Gasteiger charge is -2.17. The number of nitrogens with one attached hydrogen (secondary N) is 1. The van der Waals surface area contributed by atoms with E-state index in [1.807, 2.05) is 30.3 Å². The van der Waals surface area contributed by atoms with Crippen molar-refractivity contribution >= 4 is 33.3 Å². The van der Waals surface area contributed by atoms with Gasteiger partial charge in [-0.15, -0.1) is 11.3 Å². The Kier molecular flexibility index (Phi) is 5.62. The first-order chi connectivity index (χ1) is 16.2. The molecule has 2 aromatic carbocycles. The molecule has 6 nitrogen and oxygen atoms in total. The molecule has 1 N–H and O–H groups in total. The quantitative estimate of drug-likeness (QED) is 0.402. The predicted octanol–water partition coefficient (Wildman–Crippen LogP) is 4.65. The van der Waals surface area contributed by atoms with Gasteiger partial charge in [0.2, 0.25) is 0 Å². The molecule has 0 aliphatic rings. The van der Waals surface area contributed by atoms with Crippen molar-refractivity contribution in [3.63, 3.8) is 0 Å². The number of nitrogens with zero attached hydrogens (tertiary/aromatic N) is 4. The first-order valence-corrected chi connectivity index (χ1v) is 10.9. The fraction of sp³-hybridized carbons (Fsp3) is 0.0400. The number of carbonyl (C=O) groups is 1. The Hall–Kier alpha value is -4.35. The molecule has 3 aromatic heterocycles. The Labute approximate surface area is 192 Å². The molecular weight excluding hydrogens is 437 g/mol. The summed E-state index contributed by atoms with van der Waals surface area (Å²) in [7, 11) is 0. The largest absolute Gasteiger partial charge is 0.300 e. The number of aromatic nitrogens is 4. The van der Waals surface area contributed by atoms with Crippen LogP contribution in [0, 0.1) is 17.7 Å². The first kappa shape index (κ1) is 20.5. The van der Waals surface area contributed by atoms with Gasteiger partial charge in [0.15, 0.2) is 11.2 Å². The summed E-state index contributed by atoms with van der Waals surface area (Å²) in [4.78, 5) is 21.3. The Morgan fingerprint density at radius 1 is 1.06 bits per heavy atom. The van der Waals surface area contributed by atoms with Crippen molar-refractivity contribution in [2.24, 2.45) is 0 Å². The number of amides is 1. The van der Waals surface area contributed by atoms with E-state index in [0.29, 0.717) is 16.2 Å². The molecule has 0 aliphatic carbocycles. The highest BCUT2D eigenvalue weighted by molar-refractivity contribution is 7.13. The summed E-state index contributed by atoms with van der Waals surface area (Å²) >= 11 is 1.31. The van der Waals surface area contributed by atoms with Crippen LogP contribution in [0.3, 0.4) is 0 Å². The lowest BCUT2D eigenvalue weighted by Crippen LogP contribution is -2.27. The number of anilines is 1. The zero-order valence-electron chi connectivity index (χ0n) is 17.1. The lowest BCUT2D eigenvalue weighted by molar-refractivity contribution is -0.118. The van der Waals surface area contributed by atoms with Crippen molar-refractivity contribution in [1.82, 2.24) is 19.7 Å². The van der Waals surface area contributed by atoms with Crippen molar-refractivity contribution in [3.05, 3.63) is 107 Å². The van der Waals surface area contributed by atoms with Crippen LogP contribution in [0.2, 0.25) is 0 Å². The van der Waals surface area contributed by atoms with E-state index in [4.69, 9.17) is 0 Å². The zero-order valence-corrected chi connectivity index (χ0v) is 18.0. The summed E-state index contributed by atoms with van der Waals surface area (Å²) in [5.41, 5.74) is 2.75. The number of fused-ring (bicyclic) bond motifs is 1. The first-order valence-electron chi connectivity index (χ1n) is 10.0. The lowest BCUT2D eigenvalue weighted by atomic mass is 10.1. The van der Waals surface area contributed by atoms with E-state index < -0.39 is 11.9 Å². The normalized spacial score (nSPS) is 11.5. The van der Waals surface area contributed by atoms with Crippen molar-refractivity contribution in [1.29, 1.82) is 0 Å². The average Bonchev–Trinajstić information content (AvgIpc) is 3.48. The van der Waals surface area contributed by atoms with E-state index in [0.717, 1.165) is 16.5 Å². The molecule has 1 atom stereocenters. The monoisotopic (exact) mass is 453 g/mol. The van der Waals surface area contributed by atoms with Gasteiger partial charge < -0.3 is 0 Å². The Morgan fingerprint density at radius 3 is 2.76 bits per heavy atom. The van der Waals surface area contributed by atoms with Gasteiger partial charge >= 0.3 is 0 Å². The number of hydrogen-bond donors (Lipinski definition) is 1. The number of hydrogen-bond acceptors (Lipinski definition) is 5. The van der Waals surface area contributed by atoms with Crippen LogP contribution in [0.4, 0.5) is 9.52 Å². The molecule has 0 bridgehead atoms. The van der Waals surface area contributed by atoms with Gasteiger partial charge in [0.25, 0.3) is 5.91 Å². The topological polar surface area (TPSA) is 72.7 Å². The third-order valence-corrected chi connectivity index (χ3v) is 5.57. The summed E-state index contributed by atoms with van der Waals surface area (Å²) in [6, 6.07) is 14.4. The van der Waals surface area contributed by atoms with Gasteiger partial charge in [-0.1, -0.05) is 24.0 Å². The van der Waals surface area contributed by atoms with Gasteiger partial charge in [-0.25, -0.2) is 9.37 Å². The fourth-order valence-corrected chi connectivity index (χ4v) is 3.92. The van der Waals surface area contributed by atoms with Crippen molar-refractivity contribution in [3.8, 4) is 11.8 Å². The highest BCUT2D eigenvalue weighted by Gasteiger charge is 2.25. The molecule has 160 valence electrons. The molecule has 33 heavy (non-hydrogen) atoms. The minimum atomic E-state index is -0.873. The van der Waals surface area contributed by atoms with Gasteiger partial charge in [0, 0.05) is 46.7 Å². The van der Waals surface area contributed by atoms with Crippen molar-refractivity contribution < 1.29 is 9.18 Å². The van der Waals surface area contributed by atoms with E-state index in [2.05, 4.69) is 32.2 Å². The number of pyridine rings is 1. The number of carbonyl (C=O) groups excluding carboxylic acids is 1. The average molecular weight is 454 g/mol. The van der Waals surface area contributed by atoms with Crippen LogP contribution in [-0.2, 0) is 4.79 Å². The number of benzene rings is 2. The van der Waals surface area contributed by atoms with Crippen LogP contribution in [0.5, 0.6) is 0 Å². The van der Waals surface area contributed by atoms with Crippen LogP contribution in [0.1, 0.15) is 22.7 Å². The molecule has 0 saturated heterocycles. The minimum absolute atomic E-state index is 0.361. The highest BCUT2D eigenvalue weighted by atomic mass is 32.1. The smallest absolute Gasteiger partial charge is 0.255 e.